The quantitative estimate of drug-likeness (QED) is 0.906. The summed E-state index contributed by atoms with van der Waals surface area (Å²) in [5.74, 6) is 0. The SMILES string of the molecule is Cc1ccc(NC(=O)NCCc2cccnc2)c(Cl)c1. The van der Waals surface area contributed by atoms with Gasteiger partial charge in [0.25, 0.3) is 0 Å². The fourth-order valence-electron chi connectivity index (χ4n) is 1.75. The molecule has 2 aromatic rings. The Bertz CT molecular complexity index is 587. The van der Waals surface area contributed by atoms with Gasteiger partial charge in [0.2, 0.25) is 0 Å². The molecule has 20 heavy (non-hydrogen) atoms. The zero-order valence-electron chi connectivity index (χ0n) is 11.2. The molecule has 0 unspecified atom stereocenters. The number of benzene rings is 1. The van der Waals surface area contributed by atoms with Crippen LogP contribution in [0.1, 0.15) is 11.1 Å². The Labute approximate surface area is 123 Å². The van der Waals surface area contributed by atoms with Crippen LogP contribution >= 0.6 is 11.6 Å². The second-order valence-corrected chi connectivity index (χ2v) is 4.88. The van der Waals surface area contributed by atoms with Gasteiger partial charge in [0.1, 0.15) is 0 Å². The number of halogens is 1. The molecule has 2 rings (SSSR count). The molecule has 104 valence electrons. The molecule has 0 saturated heterocycles. The molecule has 5 heteroatoms. The van der Waals surface area contributed by atoms with Gasteiger partial charge in [0.15, 0.2) is 0 Å². The minimum atomic E-state index is -0.264. The highest BCUT2D eigenvalue weighted by molar-refractivity contribution is 6.33. The molecular formula is C15H16ClN3O. The average molecular weight is 290 g/mol. The summed E-state index contributed by atoms with van der Waals surface area (Å²) in [5.41, 5.74) is 2.75. The van der Waals surface area contributed by atoms with Crippen LogP contribution in [-0.4, -0.2) is 17.6 Å². The van der Waals surface area contributed by atoms with Gasteiger partial charge in [-0.2, -0.15) is 0 Å². The van der Waals surface area contributed by atoms with Crippen molar-refractivity contribution in [2.75, 3.05) is 11.9 Å². The number of urea groups is 1. The van der Waals surface area contributed by atoms with E-state index < -0.39 is 0 Å². The molecule has 1 heterocycles. The van der Waals surface area contributed by atoms with Gasteiger partial charge in [-0.1, -0.05) is 23.7 Å². The maximum Gasteiger partial charge on any atom is 0.319 e. The van der Waals surface area contributed by atoms with Crippen LogP contribution in [0.15, 0.2) is 42.7 Å². The van der Waals surface area contributed by atoms with E-state index in [0.717, 1.165) is 17.5 Å². The van der Waals surface area contributed by atoms with Crippen LogP contribution in [0.5, 0.6) is 0 Å². The van der Waals surface area contributed by atoms with Crippen LogP contribution in [0.25, 0.3) is 0 Å². The van der Waals surface area contributed by atoms with E-state index in [0.29, 0.717) is 17.3 Å². The summed E-state index contributed by atoms with van der Waals surface area (Å²) in [7, 11) is 0. The molecule has 4 nitrogen and oxygen atoms in total. The van der Waals surface area contributed by atoms with Crippen LogP contribution in [0, 0.1) is 6.92 Å². The van der Waals surface area contributed by atoms with Crippen LogP contribution in [-0.2, 0) is 6.42 Å². The molecule has 0 saturated carbocycles. The first-order valence-electron chi connectivity index (χ1n) is 6.35. The predicted molar refractivity (Wildman–Crippen MR) is 81.2 cm³/mol. The molecular weight excluding hydrogens is 274 g/mol. The number of hydrogen-bond donors (Lipinski definition) is 2. The van der Waals surface area contributed by atoms with E-state index in [-0.39, 0.29) is 6.03 Å². The summed E-state index contributed by atoms with van der Waals surface area (Å²) in [4.78, 5) is 15.8. The highest BCUT2D eigenvalue weighted by Crippen LogP contribution is 2.22. The van der Waals surface area contributed by atoms with Crippen LogP contribution in [0.3, 0.4) is 0 Å². The predicted octanol–water partition coefficient (Wildman–Crippen LogP) is 3.41. The zero-order chi connectivity index (χ0) is 14.4. The third-order valence-electron chi connectivity index (χ3n) is 2.79. The van der Waals surface area contributed by atoms with Crippen LogP contribution < -0.4 is 10.6 Å². The van der Waals surface area contributed by atoms with Crippen molar-refractivity contribution in [2.24, 2.45) is 0 Å². The average Bonchev–Trinajstić information content (AvgIpc) is 2.43. The molecule has 0 aliphatic heterocycles. The number of aromatic nitrogens is 1. The molecule has 0 spiro atoms. The summed E-state index contributed by atoms with van der Waals surface area (Å²) in [5, 5.41) is 6.05. The van der Waals surface area contributed by atoms with Gasteiger partial charge in [-0.3, -0.25) is 4.98 Å². The topological polar surface area (TPSA) is 54.0 Å². The normalized spacial score (nSPS) is 10.1. The number of aryl methyl sites for hydroxylation is 1. The number of hydrogen-bond acceptors (Lipinski definition) is 2. The molecule has 0 bridgehead atoms. The lowest BCUT2D eigenvalue weighted by atomic mass is 10.2. The van der Waals surface area contributed by atoms with E-state index >= 15 is 0 Å². The number of carbonyl (C=O) groups is 1. The van der Waals surface area contributed by atoms with E-state index in [2.05, 4.69) is 15.6 Å². The number of nitrogens with zero attached hydrogens (tertiary/aromatic N) is 1. The Morgan fingerprint density at radius 1 is 1.35 bits per heavy atom. The van der Waals surface area contributed by atoms with Gasteiger partial charge < -0.3 is 10.6 Å². The zero-order valence-corrected chi connectivity index (χ0v) is 11.9. The third-order valence-corrected chi connectivity index (χ3v) is 3.11. The Balaban J connectivity index is 1.81. The van der Waals surface area contributed by atoms with Crippen molar-refractivity contribution in [3.05, 3.63) is 58.9 Å². The highest BCUT2D eigenvalue weighted by atomic mass is 35.5. The smallest absolute Gasteiger partial charge is 0.319 e. The van der Waals surface area contributed by atoms with Gasteiger partial charge in [-0.25, -0.2) is 4.79 Å². The first-order chi connectivity index (χ1) is 9.65. The van der Waals surface area contributed by atoms with Crippen molar-refractivity contribution in [2.45, 2.75) is 13.3 Å². The number of amides is 2. The number of nitrogens with one attached hydrogen (secondary N) is 2. The van der Waals surface area contributed by atoms with E-state index in [1.165, 1.54) is 0 Å². The summed E-state index contributed by atoms with van der Waals surface area (Å²) in [6.45, 7) is 2.49. The minimum absolute atomic E-state index is 0.264. The fourth-order valence-corrected chi connectivity index (χ4v) is 2.04. The second kappa shape index (κ2) is 6.91. The standard InChI is InChI=1S/C15H16ClN3O/c1-11-4-5-14(13(16)9-11)19-15(20)18-8-6-12-3-2-7-17-10-12/h2-5,7,9-10H,6,8H2,1H3,(H2,18,19,20). The molecule has 0 fully saturated rings. The van der Waals surface area contributed by atoms with Gasteiger partial charge in [-0.15, -0.1) is 0 Å². The second-order valence-electron chi connectivity index (χ2n) is 4.48. The van der Waals surface area contributed by atoms with Crippen molar-refractivity contribution in [3.63, 3.8) is 0 Å². The monoisotopic (exact) mass is 289 g/mol. The highest BCUT2D eigenvalue weighted by Gasteiger charge is 2.05. The van der Waals surface area contributed by atoms with Gasteiger partial charge in [-0.05, 0) is 42.7 Å². The molecule has 2 N–H and O–H groups in total. The van der Waals surface area contributed by atoms with Crippen molar-refractivity contribution in [3.8, 4) is 0 Å². The maximum absolute atomic E-state index is 11.7. The lowest BCUT2D eigenvalue weighted by Crippen LogP contribution is -2.30. The van der Waals surface area contributed by atoms with E-state index in [1.807, 2.05) is 31.2 Å². The number of pyridine rings is 1. The molecule has 0 aliphatic rings. The third kappa shape index (κ3) is 4.24. The molecule has 1 aromatic heterocycles. The molecule has 2 amide bonds. The first-order valence-corrected chi connectivity index (χ1v) is 6.73. The minimum Gasteiger partial charge on any atom is -0.338 e. The Morgan fingerprint density at radius 2 is 2.20 bits per heavy atom. The van der Waals surface area contributed by atoms with Crippen molar-refractivity contribution in [1.29, 1.82) is 0 Å². The van der Waals surface area contributed by atoms with Crippen molar-refractivity contribution >= 4 is 23.3 Å². The lowest BCUT2D eigenvalue weighted by Gasteiger charge is -2.09. The number of anilines is 1. The number of rotatable bonds is 4. The molecule has 1 aromatic carbocycles. The van der Waals surface area contributed by atoms with Crippen LogP contribution in [0.4, 0.5) is 10.5 Å². The van der Waals surface area contributed by atoms with Gasteiger partial charge in [0, 0.05) is 18.9 Å². The van der Waals surface area contributed by atoms with Crippen molar-refractivity contribution in [1.82, 2.24) is 10.3 Å². The van der Waals surface area contributed by atoms with Gasteiger partial charge >= 0.3 is 6.03 Å². The largest absolute Gasteiger partial charge is 0.338 e. The van der Waals surface area contributed by atoms with Gasteiger partial charge in [0.05, 0.1) is 10.7 Å². The Hall–Kier alpha value is -2.07. The van der Waals surface area contributed by atoms with E-state index in [1.54, 1.807) is 18.5 Å². The summed E-state index contributed by atoms with van der Waals surface area (Å²) >= 11 is 6.05. The van der Waals surface area contributed by atoms with E-state index in [4.69, 9.17) is 11.6 Å². The fraction of sp³-hybridized carbons (Fsp3) is 0.200. The van der Waals surface area contributed by atoms with Crippen LogP contribution in [0.2, 0.25) is 5.02 Å². The molecule has 0 radical (unpaired) electrons. The summed E-state index contributed by atoms with van der Waals surface area (Å²) < 4.78 is 0. The lowest BCUT2D eigenvalue weighted by molar-refractivity contribution is 0.252. The molecule has 0 atom stereocenters. The summed E-state index contributed by atoms with van der Waals surface area (Å²) in [6.07, 6.45) is 4.25. The number of carbonyl (C=O) groups excluding carboxylic acids is 1. The Morgan fingerprint density at radius 3 is 2.90 bits per heavy atom. The maximum atomic E-state index is 11.7. The Kier molecular flexibility index (Phi) is 4.96. The summed E-state index contributed by atoms with van der Waals surface area (Å²) in [6, 6.07) is 9.09. The van der Waals surface area contributed by atoms with E-state index in [9.17, 15) is 4.79 Å². The molecule has 0 aliphatic carbocycles. The first kappa shape index (κ1) is 14.3. The van der Waals surface area contributed by atoms with Crippen molar-refractivity contribution < 1.29 is 4.79 Å².